The molecule has 0 aliphatic carbocycles. The molecule has 0 aromatic heterocycles. The second-order valence-electron chi connectivity index (χ2n) is 4.22. The maximum Gasteiger partial charge on any atom is 0.100 e. The molecule has 2 saturated heterocycles. The molecular weight excluding hydrogens is 164 g/mol. The summed E-state index contributed by atoms with van der Waals surface area (Å²) in [6, 6.07) is 0. The van der Waals surface area contributed by atoms with Gasteiger partial charge >= 0.3 is 0 Å². The topological polar surface area (TPSA) is 32.7 Å². The normalized spacial score (nSPS) is 26.5. The standard InChI is InChI=1S/C10H14N2O/c1-8-3-10(7-11-13)4-9(2)6-12(10)5-8/h1-7H2. The minimum Gasteiger partial charge on any atom is -0.287 e. The summed E-state index contributed by atoms with van der Waals surface area (Å²) in [5.74, 6) is 0. The van der Waals surface area contributed by atoms with E-state index < -0.39 is 0 Å². The fraction of sp³-hybridized carbons (Fsp3) is 0.600. The van der Waals surface area contributed by atoms with Gasteiger partial charge in [0.05, 0.1) is 5.54 Å². The zero-order chi connectivity index (χ0) is 9.47. The van der Waals surface area contributed by atoms with Crippen LogP contribution in [0.15, 0.2) is 29.5 Å². The van der Waals surface area contributed by atoms with E-state index in [0.29, 0.717) is 6.54 Å². The van der Waals surface area contributed by atoms with Gasteiger partial charge in [-0.1, -0.05) is 29.5 Å². The van der Waals surface area contributed by atoms with E-state index in [1.807, 2.05) is 0 Å². The molecule has 2 heterocycles. The van der Waals surface area contributed by atoms with E-state index in [1.165, 1.54) is 11.1 Å². The summed E-state index contributed by atoms with van der Waals surface area (Å²) in [4.78, 5) is 12.7. The average molecular weight is 178 g/mol. The molecule has 0 spiro atoms. The number of nitrogens with zero attached hydrogens (tertiary/aromatic N) is 2. The van der Waals surface area contributed by atoms with Crippen molar-refractivity contribution in [3.8, 4) is 0 Å². The van der Waals surface area contributed by atoms with Crippen molar-refractivity contribution < 1.29 is 0 Å². The molecule has 0 saturated carbocycles. The number of fused-ring (bicyclic) bond motifs is 1. The SMILES string of the molecule is C=C1CN2CC(=C)CC2(CN=O)C1. The lowest BCUT2D eigenvalue weighted by Crippen LogP contribution is -2.40. The van der Waals surface area contributed by atoms with Gasteiger partial charge in [0.2, 0.25) is 0 Å². The summed E-state index contributed by atoms with van der Waals surface area (Å²) in [6.07, 6.45) is 1.83. The van der Waals surface area contributed by atoms with Crippen molar-refractivity contribution in [3.63, 3.8) is 0 Å². The van der Waals surface area contributed by atoms with Gasteiger partial charge in [0.1, 0.15) is 6.54 Å². The van der Waals surface area contributed by atoms with Crippen LogP contribution >= 0.6 is 0 Å². The number of hydrogen-bond acceptors (Lipinski definition) is 3. The number of hydrogen-bond donors (Lipinski definition) is 0. The van der Waals surface area contributed by atoms with E-state index in [1.54, 1.807) is 0 Å². The highest BCUT2D eigenvalue weighted by molar-refractivity contribution is 5.26. The Balaban J connectivity index is 2.25. The molecule has 2 aliphatic heterocycles. The second kappa shape index (κ2) is 2.77. The zero-order valence-electron chi connectivity index (χ0n) is 7.75. The molecule has 2 rings (SSSR count). The minimum absolute atomic E-state index is 0.0457. The average Bonchev–Trinajstić information content (AvgIpc) is 2.40. The highest BCUT2D eigenvalue weighted by Crippen LogP contribution is 2.42. The molecule has 0 amide bonds. The van der Waals surface area contributed by atoms with Crippen molar-refractivity contribution >= 4 is 0 Å². The van der Waals surface area contributed by atoms with Gasteiger partial charge in [-0.15, -0.1) is 0 Å². The Morgan fingerprint density at radius 2 is 1.85 bits per heavy atom. The largest absolute Gasteiger partial charge is 0.287 e. The first-order valence-electron chi connectivity index (χ1n) is 4.54. The molecule has 0 bridgehead atoms. The Morgan fingerprint density at radius 3 is 2.31 bits per heavy atom. The molecule has 0 unspecified atom stereocenters. The summed E-state index contributed by atoms with van der Waals surface area (Å²) in [5, 5.41) is 3.05. The molecule has 0 aromatic carbocycles. The Bertz CT molecular complexity index is 263. The van der Waals surface area contributed by atoms with Crippen LogP contribution in [0, 0.1) is 4.91 Å². The lowest BCUT2D eigenvalue weighted by atomic mass is 9.92. The van der Waals surface area contributed by atoms with Crippen molar-refractivity contribution in [2.24, 2.45) is 5.18 Å². The quantitative estimate of drug-likeness (QED) is 0.476. The smallest absolute Gasteiger partial charge is 0.100 e. The Kier molecular flexibility index (Phi) is 1.84. The van der Waals surface area contributed by atoms with Crippen LogP contribution in [-0.4, -0.2) is 30.1 Å². The summed E-state index contributed by atoms with van der Waals surface area (Å²) >= 11 is 0. The van der Waals surface area contributed by atoms with Crippen LogP contribution < -0.4 is 0 Å². The molecule has 13 heavy (non-hydrogen) atoms. The summed E-state index contributed by atoms with van der Waals surface area (Å²) in [5.41, 5.74) is 2.39. The Hall–Kier alpha value is -0.960. The fourth-order valence-electron chi connectivity index (χ4n) is 2.59. The zero-order valence-corrected chi connectivity index (χ0v) is 7.75. The lowest BCUT2D eigenvalue weighted by Gasteiger charge is -2.27. The minimum atomic E-state index is -0.0457. The van der Waals surface area contributed by atoms with Crippen LogP contribution in [-0.2, 0) is 0 Å². The van der Waals surface area contributed by atoms with Gasteiger partial charge in [-0.25, -0.2) is 0 Å². The van der Waals surface area contributed by atoms with Crippen LogP contribution in [0.3, 0.4) is 0 Å². The third-order valence-corrected chi connectivity index (χ3v) is 3.02. The molecule has 3 heteroatoms. The summed E-state index contributed by atoms with van der Waals surface area (Å²) in [6.45, 7) is 10.2. The van der Waals surface area contributed by atoms with E-state index in [9.17, 15) is 4.91 Å². The molecule has 0 N–H and O–H groups in total. The van der Waals surface area contributed by atoms with Gasteiger partial charge in [-0.2, -0.15) is 4.91 Å². The first-order chi connectivity index (χ1) is 6.16. The lowest BCUT2D eigenvalue weighted by molar-refractivity contribution is 0.204. The van der Waals surface area contributed by atoms with Gasteiger partial charge in [-0.05, 0) is 12.8 Å². The van der Waals surface area contributed by atoms with Gasteiger partial charge in [-0.3, -0.25) is 4.90 Å². The van der Waals surface area contributed by atoms with E-state index in [0.717, 1.165) is 25.9 Å². The van der Waals surface area contributed by atoms with Crippen LogP contribution in [0.25, 0.3) is 0 Å². The summed E-state index contributed by atoms with van der Waals surface area (Å²) in [7, 11) is 0. The molecule has 70 valence electrons. The monoisotopic (exact) mass is 178 g/mol. The third kappa shape index (κ3) is 1.23. The predicted octanol–water partition coefficient (Wildman–Crippen LogP) is 1.71. The van der Waals surface area contributed by atoms with Gasteiger partial charge in [0, 0.05) is 13.1 Å². The first kappa shape index (κ1) is 8.63. The van der Waals surface area contributed by atoms with E-state index >= 15 is 0 Å². The third-order valence-electron chi connectivity index (χ3n) is 3.02. The van der Waals surface area contributed by atoms with Gasteiger partial charge < -0.3 is 0 Å². The maximum absolute atomic E-state index is 10.4. The van der Waals surface area contributed by atoms with Gasteiger partial charge in [0.15, 0.2) is 0 Å². The van der Waals surface area contributed by atoms with Gasteiger partial charge in [0.25, 0.3) is 0 Å². The highest BCUT2D eigenvalue weighted by Gasteiger charge is 2.47. The molecule has 0 radical (unpaired) electrons. The van der Waals surface area contributed by atoms with Crippen molar-refractivity contribution in [1.82, 2.24) is 4.90 Å². The van der Waals surface area contributed by atoms with Crippen molar-refractivity contribution in [2.45, 2.75) is 18.4 Å². The molecular formula is C10H14N2O. The molecule has 2 aliphatic rings. The van der Waals surface area contributed by atoms with E-state index in [2.05, 4.69) is 23.2 Å². The number of nitroso groups, excluding NO2 is 1. The molecule has 3 nitrogen and oxygen atoms in total. The fourth-order valence-corrected chi connectivity index (χ4v) is 2.59. The Labute approximate surface area is 78.1 Å². The molecule has 0 aromatic rings. The molecule has 0 atom stereocenters. The Morgan fingerprint density at radius 1 is 1.31 bits per heavy atom. The van der Waals surface area contributed by atoms with E-state index in [4.69, 9.17) is 0 Å². The van der Waals surface area contributed by atoms with E-state index in [-0.39, 0.29) is 5.54 Å². The van der Waals surface area contributed by atoms with Crippen molar-refractivity contribution in [1.29, 1.82) is 0 Å². The highest BCUT2D eigenvalue weighted by atomic mass is 16.3. The van der Waals surface area contributed by atoms with Crippen molar-refractivity contribution in [2.75, 3.05) is 19.6 Å². The van der Waals surface area contributed by atoms with Crippen LogP contribution in [0.5, 0.6) is 0 Å². The van der Waals surface area contributed by atoms with Crippen LogP contribution in [0.4, 0.5) is 0 Å². The summed E-state index contributed by atoms with van der Waals surface area (Å²) < 4.78 is 0. The first-order valence-corrected chi connectivity index (χ1v) is 4.54. The number of rotatable bonds is 2. The van der Waals surface area contributed by atoms with Crippen LogP contribution in [0.2, 0.25) is 0 Å². The maximum atomic E-state index is 10.4. The van der Waals surface area contributed by atoms with Crippen molar-refractivity contribution in [3.05, 3.63) is 29.2 Å². The van der Waals surface area contributed by atoms with Crippen LogP contribution in [0.1, 0.15) is 12.8 Å². The molecule has 2 fully saturated rings. The second-order valence-corrected chi connectivity index (χ2v) is 4.22. The predicted molar refractivity (Wildman–Crippen MR) is 52.5 cm³/mol.